The fraction of sp³-hybridized carbons (Fsp3) is 0.700. The highest BCUT2D eigenvalue weighted by Gasteiger charge is 2.35. The number of hydrogen-bond acceptors (Lipinski definition) is 2. The van der Waals surface area contributed by atoms with Crippen molar-refractivity contribution in [3.8, 4) is 0 Å². The first-order valence-corrected chi connectivity index (χ1v) is 5.23. The van der Waals surface area contributed by atoms with Crippen LogP contribution in [0.4, 0.5) is 13.2 Å². The van der Waals surface area contributed by atoms with Gasteiger partial charge in [-0.2, -0.15) is 18.3 Å². The van der Waals surface area contributed by atoms with Crippen molar-refractivity contribution in [2.75, 3.05) is 6.61 Å². The van der Waals surface area contributed by atoms with Crippen LogP contribution in [0.5, 0.6) is 0 Å². The largest absolute Gasteiger partial charge is 0.435 e. The van der Waals surface area contributed by atoms with E-state index in [1.807, 2.05) is 0 Å². The third kappa shape index (κ3) is 2.21. The second-order valence-corrected chi connectivity index (χ2v) is 3.93. The zero-order valence-corrected chi connectivity index (χ0v) is 8.92. The van der Waals surface area contributed by atoms with Crippen molar-refractivity contribution in [3.63, 3.8) is 0 Å². The predicted octanol–water partition coefficient (Wildman–Crippen LogP) is 2.91. The van der Waals surface area contributed by atoms with E-state index in [4.69, 9.17) is 4.74 Å². The lowest BCUT2D eigenvalue weighted by Gasteiger charge is -2.23. The van der Waals surface area contributed by atoms with Crippen LogP contribution in [0.2, 0.25) is 0 Å². The van der Waals surface area contributed by atoms with Crippen molar-refractivity contribution in [2.24, 2.45) is 0 Å². The summed E-state index contributed by atoms with van der Waals surface area (Å²) in [6, 6.07) is 1.05. The number of nitrogens with zero attached hydrogens (tertiary/aromatic N) is 2. The predicted molar refractivity (Wildman–Crippen MR) is 50.8 cm³/mol. The Morgan fingerprint density at radius 1 is 1.44 bits per heavy atom. The van der Waals surface area contributed by atoms with Crippen LogP contribution >= 0.6 is 0 Å². The Morgan fingerprint density at radius 2 is 2.19 bits per heavy atom. The molecule has 3 nitrogen and oxygen atoms in total. The molecule has 0 aromatic carbocycles. The molecule has 0 bridgehead atoms. The Bertz CT molecular complexity index is 367. The minimum Gasteiger partial charge on any atom is -0.357 e. The molecule has 2 heterocycles. The van der Waals surface area contributed by atoms with Gasteiger partial charge >= 0.3 is 6.18 Å². The maximum Gasteiger partial charge on any atom is 0.435 e. The normalized spacial score (nSPS) is 22.4. The van der Waals surface area contributed by atoms with Gasteiger partial charge < -0.3 is 4.74 Å². The summed E-state index contributed by atoms with van der Waals surface area (Å²) in [7, 11) is 0. The van der Waals surface area contributed by atoms with E-state index in [0.29, 0.717) is 12.3 Å². The highest BCUT2D eigenvalue weighted by Crippen LogP contribution is 2.31. The number of rotatable bonds is 1. The first kappa shape index (κ1) is 11.4. The molecule has 2 rings (SSSR count). The minimum absolute atomic E-state index is 0.343. The molecular weight excluding hydrogens is 221 g/mol. The number of aromatic nitrogens is 2. The molecule has 1 unspecified atom stereocenters. The standard InChI is InChI=1S/C10H13F3N2O/c1-7-6-8(10(11,12)13)14-15(7)9-4-2-3-5-16-9/h6,9H,2-5H2,1H3. The molecule has 1 aromatic rings. The van der Waals surface area contributed by atoms with Gasteiger partial charge in [-0.05, 0) is 32.3 Å². The number of alkyl halides is 3. The molecule has 1 atom stereocenters. The molecule has 16 heavy (non-hydrogen) atoms. The van der Waals surface area contributed by atoms with Crippen molar-refractivity contribution in [2.45, 2.75) is 38.6 Å². The summed E-state index contributed by atoms with van der Waals surface area (Å²) < 4.78 is 44.0. The zero-order chi connectivity index (χ0) is 11.8. The molecule has 6 heteroatoms. The molecule has 0 radical (unpaired) electrons. The van der Waals surface area contributed by atoms with Gasteiger partial charge in [0, 0.05) is 12.3 Å². The molecule has 1 aromatic heterocycles. The Balaban J connectivity index is 2.24. The van der Waals surface area contributed by atoms with E-state index < -0.39 is 11.9 Å². The highest BCUT2D eigenvalue weighted by molar-refractivity contribution is 5.12. The van der Waals surface area contributed by atoms with Gasteiger partial charge in [0.1, 0.15) is 6.23 Å². The first-order chi connectivity index (χ1) is 7.48. The molecule has 0 amide bonds. The maximum atomic E-state index is 12.4. The molecule has 1 aliphatic heterocycles. The van der Waals surface area contributed by atoms with Crippen molar-refractivity contribution in [1.82, 2.24) is 9.78 Å². The highest BCUT2D eigenvalue weighted by atomic mass is 19.4. The lowest BCUT2D eigenvalue weighted by Crippen LogP contribution is -2.20. The Hall–Kier alpha value is -1.04. The number of aryl methyl sites for hydroxylation is 1. The Kier molecular flexibility index (Phi) is 2.92. The number of hydrogen-bond donors (Lipinski definition) is 0. The van der Waals surface area contributed by atoms with Crippen LogP contribution in [0.1, 0.15) is 36.9 Å². The van der Waals surface area contributed by atoms with Crippen LogP contribution < -0.4 is 0 Å². The second-order valence-electron chi connectivity index (χ2n) is 3.93. The van der Waals surface area contributed by atoms with Gasteiger partial charge in [-0.3, -0.25) is 0 Å². The summed E-state index contributed by atoms with van der Waals surface area (Å²) in [5.41, 5.74) is -0.363. The molecule has 0 aliphatic carbocycles. The van der Waals surface area contributed by atoms with Crippen LogP contribution in [0.15, 0.2) is 6.07 Å². The monoisotopic (exact) mass is 234 g/mol. The van der Waals surface area contributed by atoms with E-state index in [2.05, 4.69) is 5.10 Å². The zero-order valence-electron chi connectivity index (χ0n) is 8.92. The molecular formula is C10H13F3N2O. The van der Waals surface area contributed by atoms with E-state index in [-0.39, 0.29) is 6.23 Å². The third-order valence-electron chi connectivity index (χ3n) is 2.64. The summed E-state index contributed by atoms with van der Waals surface area (Å²) in [4.78, 5) is 0. The van der Waals surface area contributed by atoms with Gasteiger partial charge in [0.25, 0.3) is 0 Å². The minimum atomic E-state index is -4.38. The van der Waals surface area contributed by atoms with Crippen molar-refractivity contribution in [1.29, 1.82) is 0 Å². The fourth-order valence-corrected chi connectivity index (χ4v) is 1.83. The van der Waals surface area contributed by atoms with Gasteiger partial charge in [-0.15, -0.1) is 0 Å². The van der Waals surface area contributed by atoms with Crippen molar-refractivity contribution >= 4 is 0 Å². The Morgan fingerprint density at radius 3 is 2.69 bits per heavy atom. The summed E-state index contributed by atoms with van der Waals surface area (Å²) in [6.45, 7) is 2.20. The van der Waals surface area contributed by atoms with E-state index in [0.717, 1.165) is 25.3 Å². The summed E-state index contributed by atoms with van der Waals surface area (Å²) >= 11 is 0. The third-order valence-corrected chi connectivity index (χ3v) is 2.64. The quantitative estimate of drug-likeness (QED) is 0.747. The molecule has 1 saturated heterocycles. The molecule has 0 N–H and O–H groups in total. The van der Waals surface area contributed by atoms with Crippen LogP contribution in [-0.2, 0) is 10.9 Å². The van der Waals surface area contributed by atoms with Gasteiger partial charge in [0.15, 0.2) is 5.69 Å². The fourth-order valence-electron chi connectivity index (χ4n) is 1.83. The second kappa shape index (κ2) is 4.08. The maximum absolute atomic E-state index is 12.4. The first-order valence-electron chi connectivity index (χ1n) is 5.23. The van der Waals surface area contributed by atoms with Crippen molar-refractivity contribution < 1.29 is 17.9 Å². The van der Waals surface area contributed by atoms with E-state index in [9.17, 15) is 13.2 Å². The van der Waals surface area contributed by atoms with Crippen molar-refractivity contribution in [3.05, 3.63) is 17.5 Å². The Labute approximate surface area is 91.2 Å². The van der Waals surface area contributed by atoms with Gasteiger partial charge in [0.2, 0.25) is 0 Å². The molecule has 1 fully saturated rings. The molecule has 0 saturated carbocycles. The number of halogens is 3. The van der Waals surface area contributed by atoms with E-state index in [1.165, 1.54) is 4.68 Å². The average Bonchev–Trinajstić information content (AvgIpc) is 2.61. The van der Waals surface area contributed by atoms with Gasteiger partial charge in [-0.1, -0.05) is 0 Å². The summed E-state index contributed by atoms with van der Waals surface area (Å²) in [6.07, 6.45) is -2.08. The SMILES string of the molecule is Cc1cc(C(F)(F)F)nn1C1CCCCO1. The van der Waals surface area contributed by atoms with E-state index >= 15 is 0 Å². The molecule has 90 valence electrons. The van der Waals surface area contributed by atoms with Gasteiger partial charge in [-0.25, -0.2) is 4.68 Å². The van der Waals surface area contributed by atoms with Crippen LogP contribution in [0.3, 0.4) is 0 Å². The lowest BCUT2D eigenvalue weighted by molar-refractivity contribution is -0.142. The number of ether oxygens (including phenoxy) is 1. The van der Waals surface area contributed by atoms with Crippen LogP contribution in [-0.4, -0.2) is 16.4 Å². The van der Waals surface area contributed by atoms with Crippen LogP contribution in [0.25, 0.3) is 0 Å². The average molecular weight is 234 g/mol. The van der Waals surface area contributed by atoms with Gasteiger partial charge in [0.05, 0.1) is 0 Å². The summed E-state index contributed by atoms with van der Waals surface area (Å²) in [5.74, 6) is 0. The molecule has 1 aliphatic rings. The summed E-state index contributed by atoms with van der Waals surface area (Å²) in [5, 5.41) is 3.57. The smallest absolute Gasteiger partial charge is 0.357 e. The molecule has 0 spiro atoms. The van der Waals surface area contributed by atoms with E-state index in [1.54, 1.807) is 6.92 Å². The topological polar surface area (TPSA) is 27.1 Å². The lowest BCUT2D eigenvalue weighted by atomic mass is 10.2. The van der Waals surface area contributed by atoms with Crippen LogP contribution in [0, 0.1) is 6.92 Å².